The van der Waals surface area contributed by atoms with Crippen LogP contribution in [0.2, 0.25) is 5.15 Å². The second kappa shape index (κ2) is 6.40. The number of hydrogen-bond acceptors (Lipinski definition) is 3. The van der Waals surface area contributed by atoms with Crippen molar-refractivity contribution in [1.29, 1.82) is 0 Å². The van der Waals surface area contributed by atoms with E-state index in [1.54, 1.807) is 0 Å². The summed E-state index contributed by atoms with van der Waals surface area (Å²) in [5, 5.41) is 0.590. The minimum atomic E-state index is -0.340. The van der Waals surface area contributed by atoms with Crippen molar-refractivity contribution in [3.8, 4) is 0 Å². The summed E-state index contributed by atoms with van der Waals surface area (Å²) in [6.07, 6.45) is 5.27. The maximum absolute atomic E-state index is 6.35. The van der Waals surface area contributed by atoms with Crippen LogP contribution in [0.5, 0.6) is 0 Å². The van der Waals surface area contributed by atoms with Gasteiger partial charge in [0.25, 0.3) is 0 Å². The van der Waals surface area contributed by atoms with Gasteiger partial charge in [0, 0.05) is 17.9 Å². The molecular weight excluding hydrogens is 272 g/mol. The van der Waals surface area contributed by atoms with Crippen LogP contribution in [0, 0.1) is 12.8 Å². The molecule has 0 spiro atoms. The molecule has 0 aliphatic heterocycles. The molecule has 1 aliphatic rings. The van der Waals surface area contributed by atoms with Crippen LogP contribution in [0.15, 0.2) is 0 Å². The Hall–Kier alpha value is -0.670. The van der Waals surface area contributed by atoms with E-state index in [0.717, 1.165) is 42.8 Å². The Balaban J connectivity index is 2.44. The summed E-state index contributed by atoms with van der Waals surface area (Å²) < 4.78 is 6.13. The average Bonchev–Trinajstić information content (AvgIpc) is 2.38. The third-order valence-corrected chi connectivity index (χ3v) is 4.61. The maximum Gasteiger partial charge on any atom is 0.162 e. The molecule has 1 aromatic heterocycles. The topological polar surface area (TPSA) is 35.0 Å². The Morgan fingerprint density at radius 1 is 1.35 bits per heavy atom. The highest BCUT2D eigenvalue weighted by Crippen LogP contribution is 2.42. The molecule has 0 radical (unpaired) electrons. The fourth-order valence-corrected chi connectivity index (χ4v) is 3.70. The van der Waals surface area contributed by atoms with Gasteiger partial charge in [0.15, 0.2) is 5.82 Å². The van der Waals surface area contributed by atoms with Crippen LogP contribution >= 0.6 is 11.6 Å². The second-order valence-corrected chi connectivity index (χ2v) is 6.24. The highest BCUT2D eigenvalue weighted by molar-refractivity contribution is 6.30. The lowest BCUT2D eigenvalue weighted by Crippen LogP contribution is -2.37. The van der Waals surface area contributed by atoms with Gasteiger partial charge in [-0.05, 0) is 45.4 Å². The van der Waals surface area contributed by atoms with Gasteiger partial charge in [-0.3, -0.25) is 0 Å². The van der Waals surface area contributed by atoms with E-state index in [0.29, 0.717) is 17.7 Å². The van der Waals surface area contributed by atoms with Crippen molar-refractivity contribution in [2.45, 2.75) is 65.4 Å². The van der Waals surface area contributed by atoms with E-state index in [-0.39, 0.29) is 5.60 Å². The van der Waals surface area contributed by atoms with Crippen LogP contribution in [0.1, 0.15) is 63.5 Å². The first-order chi connectivity index (χ1) is 9.52. The number of halogens is 1. The van der Waals surface area contributed by atoms with Crippen LogP contribution in [0.4, 0.5) is 0 Å². The number of hydrogen-bond donors (Lipinski definition) is 0. The Labute approximate surface area is 127 Å². The van der Waals surface area contributed by atoms with Gasteiger partial charge in [-0.15, -0.1) is 0 Å². The monoisotopic (exact) mass is 296 g/mol. The van der Waals surface area contributed by atoms with Crippen molar-refractivity contribution in [1.82, 2.24) is 9.97 Å². The minimum absolute atomic E-state index is 0.340. The maximum atomic E-state index is 6.35. The summed E-state index contributed by atoms with van der Waals surface area (Å²) in [6, 6.07) is 0. The van der Waals surface area contributed by atoms with E-state index in [2.05, 4.69) is 18.8 Å². The van der Waals surface area contributed by atoms with Crippen LogP contribution in [-0.2, 0) is 16.8 Å². The molecule has 0 amide bonds. The van der Waals surface area contributed by atoms with E-state index in [1.807, 2.05) is 13.8 Å². The van der Waals surface area contributed by atoms with Crippen molar-refractivity contribution in [3.05, 3.63) is 22.2 Å². The predicted octanol–water partition coefficient (Wildman–Crippen LogP) is 4.44. The summed E-state index contributed by atoms with van der Waals surface area (Å²) >= 11 is 6.35. The summed E-state index contributed by atoms with van der Waals surface area (Å²) in [4.78, 5) is 9.32. The quantitative estimate of drug-likeness (QED) is 0.770. The molecule has 112 valence electrons. The predicted molar refractivity (Wildman–Crippen MR) is 82.1 cm³/mol. The lowest BCUT2D eigenvalue weighted by molar-refractivity contribution is -0.0882. The van der Waals surface area contributed by atoms with Gasteiger partial charge in [-0.25, -0.2) is 9.97 Å². The molecule has 2 rings (SSSR count). The molecule has 1 aromatic rings. The molecule has 0 aromatic carbocycles. The zero-order valence-electron chi connectivity index (χ0n) is 13.0. The van der Waals surface area contributed by atoms with E-state index in [1.165, 1.54) is 6.42 Å². The highest BCUT2D eigenvalue weighted by Gasteiger charge is 2.40. The van der Waals surface area contributed by atoms with E-state index in [4.69, 9.17) is 21.3 Å². The largest absolute Gasteiger partial charge is 0.367 e. The van der Waals surface area contributed by atoms with Crippen molar-refractivity contribution < 1.29 is 4.74 Å². The van der Waals surface area contributed by atoms with Gasteiger partial charge in [0.2, 0.25) is 0 Å². The van der Waals surface area contributed by atoms with Crippen LogP contribution in [-0.4, -0.2) is 16.6 Å². The molecular formula is C16H25ClN2O. The van der Waals surface area contributed by atoms with Gasteiger partial charge in [-0.1, -0.05) is 31.9 Å². The molecule has 20 heavy (non-hydrogen) atoms. The summed E-state index contributed by atoms with van der Waals surface area (Å²) in [5.74, 6) is 1.43. The number of aromatic nitrogens is 2. The third kappa shape index (κ3) is 2.99. The Morgan fingerprint density at radius 3 is 2.65 bits per heavy atom. The van der Waals surface area contributed by atoms with Crippen molar-refractivity contribution in [3.63, 3.8) is 0 Å². The molecule has 0 N–H and O–H groups in total. The number of aryl methyl sites for hydroxylation is 1. The Bertz CT molecular complexity index is 451. The molecule has 1 aliphatic carbocycles. The standard InChI is InChI=1S/C16H25ClN2O/c1-5-13-12(4)18-15(19-14(13)17)16(20-6-2)9-7-8-11(3)10-16/h11H,5-10H2,1-4H3. The van der Waals surface area contributed by atoms with Gasteiger partial charge in [-0.2, -0.15) is 0 Å². The summed E-state index contributed by atoms with van der Waals surface area (Å²) in [6.45, 7) is 9.10. The fourth-order valence-electron chi connectivity index (χ4n) is 3.34. The highest BCUT2D eigenvalue weighted by atomic mass is 35.5. The molecule has 2 unspecified atom stereocenters. The lowest BCUT2D eigenvalue weighted by Gasteiger charge is -2.38. The first-order valence-corrected chi connectivity index (χ1v) is 8.07. The molecule has 1 heterocycles. The Morgan fingerprint density at radius 2 is 2.10 bits per heavy atom. The Kier molecular flexibility index (Phi) is 5.03. The zero-order valence-corrected chi connectivity index (χ0v) is 13.8. The number of rotatable bonds is 4. The van der Waals surface area contributed by atoms with E-state index in [9.17, 15) is 0 Å². The fraction of sp³-hybridized carbons (Fsp3) is 0.750. The second-order valence-electron chi connectivity index (χ2n) is 5.88. The van der Waals surface area contributed by atoms with Crippen LogP contribution < -0.4 is 0 Å². The van der Waals surface area contributed by atoms with Gasteiger partial charge >= 0.3 is 0 Å². The molecule has 0 bridgehead atoms. The molecule has 2 atom stereocenters. The molecule has 1 saturated carbocycles. The van der Waals surface area contributed by atoms with Crippen molar-refractivity contribution in [2.75, 3.05) is 6.61 Å². The van der Waals surface area contributed by atoms with Gasteiger partial charge < -0.3 is 4.74 Å². The van der Waals surface area contributed by atoms with Crippen LogP contribution in [0.25, 0.3) is 0 Å². The number of nitrogens with zero attached hydrogens (tertiary/aromatic N) is 2. The van der Waals surface area contributed by atoms with E-state index >= 15 is 0 Å². The van der Waals surface area contributed by atoms with Gasteiger partial charge in [0.05, 0.1) is 0 Å². The van der Waals surface area contributed by atoms with Crippen molar-refractivity contribution in [2.24, 2.45) is 5.92 Å². The first kappa shape index (κ1) is 15.7. The van der Waals surface area contributed by atoms with E-state index < -0.39 is 0 Å². The van der Waals surface area contributed by atoms with Crippen LogP contribution in [0.3, 0.4) is 0 Å². The SMILES string of the molecule is CCOC1(c2nc(C)c(CC)c(Cl)n2)CCCC(C)C1. The molecule has 0 saturated heterocycles. The third-order valence-electron chi connectivity index (χ3n) is 4.30. The first-order valence-electron chi connectivity index (χ1n) is 7.69. The molecule has 4 heteroatoms. The zero-order chi connectivity index (χ0) is 14.8. The normalized spacial score (nSPS) is 26.8. The molecule has 3 nitrogen and oxygen atoms in total. The molecule has 1 fully saturated rings. The summed E-state index contributed by atoms with van der Waals surface area (Å²) in [5.41, 5.74) is 1.69. The lowest BCUT2D eigenvalue weighted by atomic mass is 9.78. The minimum Gasteiger partial charge on any atom is -0.367 e. The summed E-state index contributed by atoms with van der Waals surface area (Å²) in [7, 11) is 0. The number of ether oxygens (including phenoxy) is 1. The van der Waals surface area contributed by atoms with Crippen molar-refractivity contribution >= 4 is 11.6 Å². The smallest absolute Gasteiger partial charge is 0.162 e. The average molecular weight is 297 g/mol. The van der Waals surface area contributed by atoms with Gasteiger partial charge in [0.1, 0.15) is 10.8 Å².